The average Bonchev–Trinajstić information content (AvgIpc) is 3.47. The number of hydrogen-bond donors (Lipinski definition) is 2. The monoisotopic (exact) mass is 444 g/mol. The first kappa shape index (κ1) is 19.9. The van der Waals surface area contributed by atoms with E-state index in [1.807, 2.05) is 36.4 Å². The van der Waals surface area contributed by atoms with Crippen molar-refractivity contribution in [2.24, 2.45) is 5.41 Å². The van der Waals surface area contributed by atoms with Crippen molar-refractivity contribution < 1.29 is 18.0 Å². The summed E-state index contributed by atoms with van der Waals surface area (Å²) in [5.41, 5.74) is 3.42. The Balaban J connectivity index is 1.41. The quantitative estimate of drug-likeness (QED) is 0.553. The van der Waals surface area contributed by atoms with Crippen molar-refractivity contribution in [2.45, 2.75) is 25.6 Å². The van der Waals surface area contributed by atoms with Crippen LogP contribution in [0.5, 0.6) is 0 Å². The molecule has 0 bridgehead atoms. The molecule has 2 aliphatic rings. The fourth-order valence-electron chi connectivity index (χ4n) is 4.24. The highest BCUT2D eigenvalue weighted by Crippen LogP contribution is 2.42. The Morgan fingerprint density at radius 3 is 2.84 bits per heavy atom. The number of amides is 2. The highest BCUT2D eigenvalue weighted by atomic mass is 32.1. The second-order valence-corrected chi connectivity index (χ2v) is 8.99. The van der Waals surface area contributed by atoms with Crippen molar-refractivity contribution in [3.05, 3.63) is 64.6 Å². The molecule has 3 aromatic rings. The van der Waals surface area contributed by atoms with Crippen molar-refractivity contribution >= 4 is 39.7 Å². The number of hydrogen-bond acceptors (Lipinski definition) is 3. The lowest BCUT2D eigenvalue weighted by atomic mass is 9.74. The van der Waals surface area contributed by atoms with Crippen LogP contribution < -0.4 is 10.2 Å². The largest absolute Gasteiger partial charge is 0.425 e. The summed E-state index contributed by atoms with van der Waals surface area (Å²) in [5, 5.41) is 4.46. The number of fused-ring (bicyclic) bond motifs is 1. The van der Waals surface area contributed by atoms with Crippen LogP contribution in [0.1, 0.15) is 23.8 Å². The predicted molar refractivity (Wildman–Crippen MR) is 115 cm³/mol. The summed E-state index contributed by atoms with van der Waals surface area (Å²) in [6.07, 6.45) is 3.73. The molecule has 1 fully saturated rings. The number of halogens is 3. The number of nitrogens with zero attached hydrogens (tertiary/aromatic N) is 2. The third kappa shape index (κ3) is 3.42. The van der Waals surface area contributed by atoms with E-state index in [1.54, 1.807) is 11.2 Å². The Morgan fingerprint density at radius 2 is 2.13 bits per heavy atom. The van der Waals surface area contributed by atoms with Crippen molar-refractivity contribution in [3.63, 3.8) is 0 Å². The molecule has 1 unspecified atom stereocenters. The highest BCUT2D eigenvalue weighted by Gasteiger charge is 2.44. The Labute approximate surface area is 180 Å². The molecule has 31 heavy (non-hydrogen) atoms. The van der Waals surface area contributed by atoms with E-state index >= 15 is 0 Å². The number of imidazole rings is 1. The summed E-state index contributed by atoms with van der Waals surface area (Å²) in [7, 11) is 0. The van der Waals surface area contributed by atoms with Crippen LogP contribution in [0.3, 0.4) is 0 Å². The van der Waals surface area contributed by atoms with Gasteiger partial charge in [0.05, 0.1) is 23.4 Å². The lowest BCUT2D eigenvalue weighted by Gasteiger charge is -2.38. The van der Waals surface area contributed by atoms with Crippen LogP contribution in [0, 0.1) is 5.41 Å². The molecule has 5 nitrogen and oxygen atoms in total. The van der Waals surface area contributed by atoms with E-state index in [4.69, 9.17) is 0 Å². The molecule has 1 aliphatic carbocycles. The lowest BCUT2D eigenvalue weighted by Crippen LogP contribution is -2.45. The minimum atomic E-state index is -4.33. The molecule has 9 heteroatoms. The number of nitrogens with one attached hydrogen (secondary N) is 2. The lowest BCUT2D eigenvalue weighted by molar-refractivity contribution is -0.134. The second-order valence-electron chi connectivity index (χ2n) is 8.08. The zero-order valence-corrected chi connectivity index (χ0v) is 17.3. The molecule has 1 aliphatic heterocycles. The summed E-state index contributed by atoms with van der Waals surface area (Å²) >= 11 is 0.704. The third-order valence-corrected chi connectivity index (χ3v) is 7.01. The number of alkyl halides is 3. The molecule has 2 amide bonds. The molecule has 1 aromatic carbocycles. The summed E-state index contributed by atoms with van der Waals surface area (Å²) in [6, 6.07) is 6.54. The van der Waals surface area contributed by atoms with Gasteiger partial charge >= 0.3 is 12.2 Å². The number of H-pyrrole nitrogens is 1. The summed E-state index contributed by atoms with van der Waals surface area (Å²) < 4.78 is 38.8. The number of aromatic nitrogens is 2. The Morgan fingerprint density at radius 1 is 1.29 bits per heavy atom. The van der Waals surface area contributed by atoms with E-state index < -0.39 is 11.1 Å². The first-order valence-electron chi connectivity index (χ1n) is 9.80. The van der Waals surface area contributed by atoms with Gasteiger partial charge in [-0.1, -0.05) is 25.2 Å². The Bertz CT molecular complexity index is 1220. The molecule has 5 rings (SSSR count). The van der Waals surface area contributed by atoms with Gasteiger partial charge in [-0.2, -0.15) is 13.2 Å². The molecule has 0 spiro atoms. The minimum absolute atomic E-state index is 0.136. The van der Waals surface area contributed by atoms with Gasteiger partial charge in [0.25, 0.3) is 0 Å². The van der Waals surface area contributed by atoms with Gasteiger partial charge in [0.1, 0.15) is 4.88 Å². The van der Waals surface area contributed by atoms with Gasteiger partial charge in [-0.15, -0.1) is 11.3 Å². The van der Waals surface area contributed by atoms with Crippen molar-refractivity contribution in [2.75, 3.05) is 11.4 Å². The fraction of sp³-hybridized carbons (Fsp3) is 0.273. The highest BCUT2D eigenvalue weighted by molar-refractivity contribution is 7.10. The van der Waals surface area contributed by atoms with E-state index in [0.717, 1.165) is 22.3 Å². The van der Waals surface area contributed by atoms with Crippen LogP contribution >= 0.6 is 11.3 Å². The van der Waals surface area contributed by atoms with Crippen LogP contribution in [-0.4, -0.2) is 28.6 Å². The zero-order chi connectivity index (χ0) is 21.8. The molecular formula is C22H19F3N4OS. The number of urea groups is 1. The molecule has 0 saturated carbocycles. The molecule has 2 atom stereocenters. The fourth-order valence-corrected chi connectivity index (χ4v) is 5.03. The number of benzene rings is 1. The van der Waals surface area contributed by atoms with E-state index in [1.165, 1.54) is 11.4 Å². The molecule has 2 N–H and O–H groups in total. The first-order chi connectivity index (χ1) is 14.7. The number of carbonyl (C=O) groups is 1. The normalized spacial score (nSPS) is 24.0. The van der Waals surface area contributed by atoms with Gasteiger partial charge in [-0.3, -0.25) is 4.90 Å². The van der Waals surface area contributed by atoms with Crippen LogP contribution in [-0.2, 0) is 6.18 Å². The van der Waals surface area contributed by atoms with Crippen LogP contribution in [0.4, 0.5) is 23.7 Å². The number of aromatic amines is 1. The number of carbonyl (C=O) groups excluding carboxylic acids is 1. The van der Waals surface area contributed by atoms with Gasteiger partial charge in [0, 0.05) is 17.6 Å². The van der Waals surface area contributed by atoms with Crippen molar-refractivity contribution in [3.8, 4) is 0 Å². The minimum Gasteiger partial charge on any atom is -0.345 e. The van der Waals surface area contributed by atoms with E-state index in [0.29, 0.717) is 29.9 Å². The van der Waals surface area contributed by atoms with Gasteiger partial charge in [-0.25, -0.2) is 9.78 Å². The molecule has 0 radical (unpaired) electrons. The average molecular weight is 444 g/mol. The van der Waals surface area contributed by atoms with E-state index in [-0.39, 0.29) is 17.5 Å². The Kier molecular flexibility index (Phi) is 4.47. The van der Waals surface area contributed by atoms with Crippen molar-refractivity contribution in [1.29, 1.82) is 0 Å². The smallest absolute Gasteiger partial charge is 0.345 e. The molecule has 3 heterocycles. The van der Waals surface area contributed by atoms with Crippen LogP contribution in [0.15, 0.2) is 54.2 Å². The summed E-state index contributed by atoms with van der Waals surface area (Å²) in [4.78, 5) is 21.1. The van der Waals surface area contributed by atoms with E-state index in [9.17, 15) is 18.0 Å². The molecular weight excluding hydrogens is 425 g/mol. The number of allylic oxidation sites excluding steroid dienone is 3. The van der Waals surface area contributed by atoms with Crippen LogP contribution in [0.2, 0.25) is 0 Å². The van der Waals surface area contributed by atoms with E-state index in [2.05, 4.69) is 22.2 Å². The van der Waals surface area contributed by atoms with Gasteiger partial charge in [0.2, 0.25) is 0 Å². The predicted octanol–water partition coefficient (Wildman–Crippen LogP) is 5.59. The number of rotatable bonds is 3. The second kappa shape index (κ2) is 6.98. The third-order valence-electron chi connectivity index (χ3n) is 6.04. The number of anilines is 1. The topological polar surface area (TPSA) is 61.0 Å². The molecule has 1 saturated heterocycles. The van der Waals surface area contributed by atoms with Gasteiger partial charge < -0.3 is 10.3 Å². The SMILES string of the molecule is CC1([C@H]2CNC(=O)N2c2ccc3nc[nH]c3c2)C=CC(c2csc(C(F)(F)F)c2)=CC1. The van der Waals surface area contributed by atoms with Crippen molar-refractivity contribution in [1.82, 2.24) is 15.3 Å². The first-order valence-corrected chi connectivity index (χ1v) is 10.7. The maximum Gasteiger partial charge on any atom is 0.425 e. The number of thiophene rings is 1. The van der Waals surface area contributed by atoms with Gasteiger partial charge in [-0.05, 0) is 47.2 Å². The molecule has 160 valence electrons. The maximum atomic E-state index is 12.9. The summed E-state index contributed by atoms with van der Waals surface area (Å²) in [6.45, 7) is 2.55. The molecule has 2 aromatic heterocycles. The van der Waals surface area contributed by atoms with Gasteiger partial charge in [0.15, 0.2) is 0 Å². The van der Waals surface area contributed by atoms with Crippen LogP contribution in [0.25, 0.3) is 16.6 Å². The Hall–Kier alpha value is -3.07. The summed E-state index contributed by atoms with van der Waals surface area (Å²) in [5.74, 6) is 0. The standard InChI is InChI=1S/C22H19F3N4OS/c1-21(6-4-13(5-7-21)14-8-19(31-11-14)22(23,24)25)18-10-26-20(30)29(18)15-2-3-16-17(9-15)28-12-27-16/h2-6,8-9,11-12,18H,7,10H2,1H3,(H,26,30)(H,27,28)/t18-,21?/m1/s1. The maximum absolute atomic E-state index is 12.9. The zero-order valence-electron chi connectivity index (χ0n) is 16.5.